The second-order valence-corrected chi connectivity index (χ2v) is 3.47. The van der Waals surface area contributed by atoms with E-state index in [2.05, 4.69) is 19.6 Å². The zero-order valence-electron chi connectivity index (χ0n) is 7.60. The summed E-state index contributed by atoms with van der Waals surface area (Å²) in [5, 5.41) is 0. The molecular weight excluding hydrogens is 132 g/mol. The van der Waals surface area contributed by atoms with Crippen molar-refractivity contribution < 1.29 is 0 Å². The molecule has 0 aromatic carbocycles. The summed E-state index contributed by atoms with van der Waals surface area (Å²) in [7, 11) is 0. The summed E-state index contributed by atoms with van der Waals surface area (Å²) in [6, 6.07) is 0. The quantitative estimate of drug-likeness (QED) is 0.576. The molecule has 1 aliphatic carbocycles. The van der Waals surface area contributed by atoms with Gasteiger partial charge in [-0.25, -0.2) is 0 Å². The van der Waals surface area contributed by atoms with Crippen molar-refractivity contribution in [1.29, 1.82) is 0 Å². The van der Waals surface area contributed by atoms with Crippen LogP contribution in [-0.2, 0) is 0 Å². The first-order valence-electron chi connectivity index (χ1n) is 4.86. The van der Waals surface area contributed by atoms with E-state index in [0.717, 1.165) is 5.92 Å². The van der Waals surface area contributed by atoms with Crippen molar-refractivity contribution in [2.24, 2.45) is 5.92 Å². The van der Waals surface area contributed by atoms with Crippen LogP contribution in [0.5, 0.6) is 0 Å². The molecule has 0 saturated heterocycles. The van der Waals surface area contributed by atoms with Crippen molar-refractivity contribution >= 4 is 0 Å². The first kappa shape index (κ1) is 8.83. The molecule has 0 aliphatic heterocycles. The predicted molar refractivity (Wildman–Crippen MR) is 50.3 cm³/mol. The summed E-state index contributed by atoms with van der Waals surface area (Å²) in [6.45, 7) is 6.11. The fraction of sp³-hybridized carbons (Fsp3) is 0.727. The third-order valence-corrected chi connectivity index (χ3v) is 2.80. The van der Waals surface area contributed by atoms with E-state index in [1.54, 1.807) is 5.92 Å². The van der Waals surface area contributed by atoms with Crippen LogP contribution in [0.25, 0.3) is 0 Å². The van der Waals surface area contributed by atoms with Crippen LogP contribution >= 0.6 is 0 Å². The third-order valence-electron chi connectivity index (χ3n) is 2.80. The minimum absolute atomic E-state index is 0.881. The molecule has 0 N–H and O–H groups in total. The molecule has 0 heterocycles. The average molecular weight is 151 g/mol. The Bertz CT molecular complexity index is 109. The van der Waals surface area contributed by atoms with Gasteiger partial charge >= 0.3 is 0 Å². The molecule has 1 fully saturated rings. The zero-order valence-corrected chi connectivity index (χ0v) is 7.60. The Kier molecular flexibility index (Phi) is 3.68. The van der Waals surface area contributed by atoms with E-state index in [0.29, 0.717) is 0 Å². The molecule has 0 aromatic rings. The van der Waals surface area contributed by atoms with Gasteiger partial charge in [-0.05, 0) is 31.1 Å². The topological polar surface area (TPSA) is 0 Å². The van der Waals surface area contributed by atoms with Gasteiger partial charge in [0, 0.05) is 0 Å². The molecule has 0 spiro atoms. The van der Waals surface area contributed by atoms with Gasteiger partial charge in [0.15, 0.2) is 0 Å². The largest absolute Gasteiger partial charge is 0.102 e. The van der Waals surface area contributed by atoms with Crippen LogP contribution in [-0.4, -0.2) is 0 Å². The monoisotopic (exact) mass is 151 g/mol. The maximum absolute atomic E-state index is 3.87. The Morgan fingerprint density at radius 1 is 1.36 bits per heavy atom. The Hall–Kier alpha value is -0.260. The van der Waals surface area contributed by atoms with E-state index in [9.17, 15) is 0 Å². The van der Waals surface area contributed by atoms with Crippen LogP contribution < -0.4 is 0 Å². The highest BCUT2D eigenvalue weighted by Crippen LogP contribution is 2.33. The lowest BCUT2D eigenvalue weighted by molar-refractivity contribution is 0.372. The van der Waals surface area contributed by atoms with Crippen LogP contribution in [0.1, 0.15) is 45.4 Å². The Morgan fingerprint density at radius 3 is 2.45 bits per heavy atom. The number of hydrogen-bond donors (Lipinski definition) is 0. The van der Waals surface area contributed by atoms with Crippen molar-refractivity contribution in [3.05, 3.63) is 18.6 Å². The van der Waals surface area contributed by atoms with E-state index < -0.39 is 0 Å². The summed E-state index contributed by atoms with van der Waals surface area (Å²) in [5.74, 6) is 2.47. The molecule has 0 amide bonds. The fourth-order valence-electron chi connectivity index (χ4n) is 2.07. The van der Waals surface area contributed by atoms with E-state index in [4.69, 9.17) is 0 Å². The molecule has 0 heteroatoms. The summed E-state index contributed by atoms with van der Waals surface area (Å²) in [6.07, 6.45) is 10.4. The van der Waals surface area contributed by atoms with E-state index >= 15 is 0 Å². The van der Waals surface area contributed by atoms with Gasteiger partial charge < -0.3 is 0 Å². The molecule has 11 heavy (non-hydrogen) atoms. The predicted octanol–water partition coefficient (Wildman–Crippen LogP) is 3.74. The van der Waals surface area contributed by atoms with Crippen molar-refractivity contribution in [1.82, 2.24) is 0 Å². The maximum Gasteiger partial charge on any atom is -0.000196 e. The van der Waals surface area contributed by atoms with Crippen LogP contribution in [0.2, 0.25) is 0 Å². The van der Waals surface area contributed by atoms with Gasteiger partial charge in [0.2, 0.25) is 0 Å². The molecule has 0 bridgehead atoms. The normalized spacial score (nSPS) is 20.5. The minimum Gasteiger partial charge on any atom is -0.102 e. The lowest BCUT2D eigenvalue weighted by Gasteiger charge is -2.26. The van der Waals surface area contributed by atoms with E-state index in [1.807, 2.05) is 0 Å². The van der Waals surface area contributed by atoms with Gasteiger partial charge in [-0.2, -0.15) is 0 Å². The molecule has 1 aliphatic rings. The number of allylic oxidation sites excluding steroid dienone is 1. The van der Waals surface area contributed by atoms with Crippen molar-refractivity contribution in [3.63, 3.8) is 0 Å². The van der Waals surface area contributed by atoms with Gasteiger partial charge in [0.05, 0.1) is 0 Å². The molecule has 0 nitrogen and oxygen atoms in total. The Balaban J connectivity index is 2.35. The molecule has 1 radical (unpaired) electrons. The Labute approximate surface area is 70.7 Å². The molecule has 0 atom stereocenters. The van der Waals surface area contributed by atoms with E-state index in [1.165, 1.54) is 38.5 Å². The summed E-state index contributed by atoms with van der Waals surface area (Å²) < 4.78 is 0. The van der Waals surface area contributed by atoms with Crippen LogP contribution in [0, 0.1) is 11.8 Å². The highest BCUT2D eigenvalue weighted by atomic mass is 14.2. The summed E-state index contributed by atoms with van der Waals surface area (Å²) >= 11 is 0. The molecule has 0 unspecified atom stereocenters. The van der Waals surface area contributed by atoms with Gasteiger partial charge in [0.1, 0.15) is 0 Å². The zero-order chi connectivity index (χ0) is 8.10. The highest BCUT2D eigenvalue weighted by Gasteiger charge is 2.19. The first-order chi connectivity index (χ1) is 5.38. The lowest BCUT2D eigenvalue weighted by Crippen LogP contribution is -2.13. The van der Waals surface area contributed by atoms with Crippen LogP contribution in [0.3, 0.4) is 0 Å². The van der Waals surface area contributed by atoms with Crippen molar-refractivity contribution in [2.45, 2.75) is 45.4 Å². The molecule has 1 rings (SSSR count). The minimum atomic E-state index is 0.881. The fourth-order valence-corrected chi connectivity index (χ4v) is 2.07. The lowest BCUT2D eigenvalue weighted by atomic mass is 9.79. The second-order valence-electron chi connectivity index (χ2n) is 3.47. The van der Waals surface area contributed by atoms with E-state index in [-0.39, 0.29) is 0 Å². The van der Waals surface area contributed by atoms with Crippen LogP contribution in [0.15, 0.2) is 12.7 Å². The molecular formula is C11H19. The maximum atomic E-state index is 3.87. The van der Waals surface area contributed by atoms with Gasteiger partial charge in [-0.3, -0.25) is 0 Å². The van der Waals surface area contributed by atoms with Crippen molar-refractivity contribution in [3.8, 4) is 0 Å². The molecule has 1 saturated carbocycles. The summed E-state index contributed by atoms with van der Waals surface area (Å²) in [5.41, 5.74) is 0. The number of hydrogen-bond acceptors (Lipinski definition) is 0. The third kappa shape index (κ3) is 2.36. The Morgan fingerprint density at radius 2 is 2.00 bits per heavy atom. The van der Waals surface area contributed by atoms with Crippen molar-refractivity contribution in [2.75, 3.05) is 0 Å². The molecule has 63 valence electrons. The number of rotatable bonds is 3. The van der Waals surface area contributed by atoms with Gasteiger partial charge in [-0.15, -0.1) is 6.58 Å². The smallest absolute Gasteiger partial charge is 0.000196 e. The highest BCUT2D eigenvalue weighted by molar-refractivity contribution is 5.09. The van der Waals surface area contributed by atoms with Gasteiger partial charge in [0.25, 0.3) is 0 Å². The standard InChI is InChI=1S/C11H19/c1-3-10(4-2)11-8-6-5-7-9-11/h3,11H,1,4-9H2,2H3. The molecule has 0 aromatic heterocycles. The second kappa shape index (κ2) is 4.58. The van der Waals surface area contributed by atoms with Gasteiger partial charge in [-0.1, -0.05) is 32.3 Å². The van der Waals surface area contributed by atoms with Crippen LogP contribution in [0.4, 0.5) is 0 Å². The summed E-state index contributed by atoms with van der Waals surface area (Å²) in [4.78, 5) is 0. The SMILES string of the molecule is C=C[C](CC)C1CCCCC1. The first-order valence-corrected chi connectivity index (χ1v) is 4.86. The average Bonchev–Trinajstić information content (AvgIpc) is 2.09.